The highest BCUT2D eigenvalue weighted by molar-refractivity contribution is 5.48. The van der Waals surface area contributed by atoms with E-state index in [1.807, 2.05) is 24.3 Å². The SMILES string of the molecule is C[C@@H](O)c1ccc(N2CCOC(C#N)C2)cc1. The lowest BCUT2D eigenvalue weighted by Gasteiger charge is -2.31. The van der Waals surface area contributed by atoms with Gasteiger partial charge in [-0.2, -0.15) is 5.26 Å². The Morgan fingerprint density at radius 1 is 1.47 bits per heavy atom. The molecule has 1 aliphatic heterocycles. The predicted molar refractivity (Wildman–Crippen MR) is 64.6 cm³/mol. The normalized spacial score (nSPS) is 21.9. The molecule has 1 aromatic rings. The van der Waals surface area contributed by atoms with Crippen molar-refractivity contribution in [1.82, 2.24) is 0 Å². The van der Waals surface area contributed by atoms with Crippen molar-refractivity contribution in [3.8, 4) is 6.07 Å². The summed E-state index contributed by atoms with van der Waals surface area (Å²) in [7, 11) is 0. The summed E-state index contributed by atoms with van der Waals surface area (Å²) in [5.74, 6) is 0. The van der Waals surface area contributed by atoms with E-state index < -0.39 is 6.10 Å². The fourth-order valence-electron chi connectivity index (χ4n) is 1.93. The zero-order chi connectivity index (χ0) is 12.3. The second kappa shape index (κ2) is 5.17. The van der Waals surface area contributed by atoms with Gasteiger partial charge in [-0.1, -0.05) is 12.1 Å². The number of hydrogen-bond donors (Lipinski definition) is 1. The fraction of sp³-hybridized carbons (Fsp3) is 0.462. The van der Waals surface area contributed by atoms with Crippen LogP contribution in [0.4, 0.5) is 5.69 Å². The van der Waals surface area contributed by atoms with E-state index >= 15 is 0 Å². The van der Waals surface area contributed by atoms with Gasteiger partial charge in [0.15, 0.2) is 6.10 Å². The van der Waals surface area contributed by atoms with E-state index in [0.717, 1.165) is 17.8 Å². The fourth-order valence-corrected chi connectivity index (χ4v) is 1.93. The first kappa shape index (κ1) is 11.9. The molecule has 0 saturated carbocycles. The summed E-state index contributed by atoms with van der Waals surface area (Å²) in [6, 6.07) is 9.90. The molecule has 2 rings (SSSR count). The van der Waals surface area contributed by atoms with E-state index in [0.29, 0.717) is 13.2 Å². The molecule has 1 unspecified atom stereocenters. The number of aliphatic hydroxyl groups excluding tert-OH is 1. The maximum absolute atomic E-state index is 9.43. The number of ether oxygens (including phenoxy) is 1. The molecule has 1 N–H and O–H groups in total. The maximum atomic E-state index is 9.43. The molecule has 0 radical (unpaired) electrons. The van der Waals surface area contributed by atoms with Crippen LogP contribution < -0.4 is 4.90 Å². The number of anilines is 1. The molecule has 1 heterocycles. The lowest BCUT2D eigenvalue weighted by Crippen LogP contribution is -2.41. The molecule has 4 nitrogen and oxygen atoms in total. The molecule has 1 fully saturated rings. The van der Waals surface area contributed by atoms with E-state index in [1.54, 1.807) is 6.92 Å². The van der Waals surface area contributed by atoms with Gasteiger partial charge in [0.2, 0.25) is 0 Å². The van der Waals surface area contributed by atoms with Crippen LogP contribution in [-0.4, -0.2) is 30.9 Å². The molecule has 0 aromatic heterocycles. The first-order chi connectivity index (χ1) is 8.20. The van der Waals surface area contributed by atoms with Crippen molar-refractivity contribution < 1.29 is 9.84 Å². The molecule has 1 aliphatic rings. The molecule has 0 bridgehead atoms. The molecule has 17 heavy (non-hydrogen) atoms. The molecule has 0 spiro atoms. The van der Waals surface area contributed by atoms with Crippen LogP contribution in [0.15, 0.2) is 24.3 Å². The molecule has 4 heteroatoms. The van der Waals surface area contributed by atoms with Gasteiger partial charge in [0.05, 0.1) is 25.3 Å². The Bertz CT molecular complexity index is 408. The van der Waals surface area contributed by atoms with Crippen LogP contribution >= 0.6 is 0 Å². The van der Waals surface area contributed by atoms with Gasteiger partial charge in [-0.3, -0.25) is 0 Å². The average molecular weight is 232 g/mol. The molecule has 1 aromatic carbocycles. The smallest absolute Gasteiger partial charge is 0.161 e. The zero-order valence-electron chi connectivity index (χ0n) is 9.84. The van der Waals surface area contributed by atoms with Gasteiger partial charge < -0.3 is 14.7 Å². The summed E-state index contributed by atoms with van der Waals surface area (Å²) in [5, 5.41) is 18.3. The van der Waals surface area contributed by atoms with Crippen molar-refractivity contribution in [3.63, 3.8) is 0 Å². The predicted octanol–water partition coefficient (Wildman–Crippen LogP) is 1.47. The standard InChI is InChI=1S/C13H16N2O2/c1-10(16)11-2-4-12(5-3-11)15-6-7-17-13(8-14)9-15/h2-5,10,13,16H,6-7,9H2,1H3/t10-,13?/m1/s1. The van der Waals surface area contributed by atoms with Crippen molar-refractivity contribution in [1.29, 1.82) is 5.26 Å². The Labute approximate surface area is 101 Å². The number of morpholine rings is 1. The lowest BCUT2D eigenvalue weighted by atomic mass is 10.1. The third-order valence-corrected chi connectivity index (χ3v) is 2.95. The minimum Gasteiger partial charge on any atom is -0.389 e. The van der Waals surface area contributed by atoms with Crippen molar-refractivity contribution in [2.24, 2.45) is 0 Å². The number of hydrogen-bond acceptors (Lipinski definition) is 4. The molecule has 90 valence electrons. The monoisotopic (exact) mass is 232 g/mol. The van der Waals surface area contributed by atoms with Gasteiger partial charge in [0.1, 0.15) is 0 Å². The van der Waals surface area contributed by atoms with Gasteiger partial charge in [-0.25, -0.2) is 0 Å². The van der Waals surface area contributed by atoms with E-state index in [1.165, 1.54) is 0 Å². The zero-order valence-corrected chi connectivity index (χ0v) is 9.84. The second-order valence-corrected chi connectivity index (χ2v) is 4.20. The molecular formula is C13H16N2O2. The van der Waals surface area contributed by atoms with E-state index in [-0.39, 0.29) is 6.10 Å². The van der Waals surface area contributed by atoms with Crippen LogP contribution in [0.3, 0.4) is 0 Å². The molecule has 2 atom stereocenters. The van der Waals surface area contributed by atoms with Gasteiger partial charge in [0.25, 0.3) is 0 Å². The molecule has 1 saturated heterocycles. The Kier molecular flexibility index (Phi) is 3.62. The minimum absolute atomic E-state index is 0.347. The average Bonchev–Trinajstić information content (AvgIpc) is 2.39. The second-order valence-electron chi connectivity index (χ2n) is 4.20. The summed E-state index contributed by atoms with van der Waals surface area (Å²) in [6.07, 6.45) is -0.791. The summed E-state index contributed by atoms with van der Waals surface area (Å²) >= 11 is 0. The molecule has 0 amide bonds. The van der Waals surface area contributed by atoms with Crippen LogP contribution in [0, 0.1) is 11.3 Å². The van der Waals surface area contributed by atoms with Crippen LogP contribution in [0.1, 0.15) is 18.6 Å². The van der Waals surface area contributed by atoms with Crippen LogP contribution in [0.25, 0.3) is 0 Å². The van der Waals surface area contributed by atoms with E-state index in [9.17, 15) is 5.11 Å². The minimum atomic E-state index is -0.444. The first-order valence-corrected chi connectivity index (χ1v) is 5.75. The van der Waals surface area contributed by atoms with Gasteiger partial charge >= 0.3 is 0 Å². The quantitative estimate of drug-likeness (QED) is 0.839. The number of nitrogens with zero attached hydrogens (tertiary/aromatic N) is 2. The Morgan fingerprint density at radius 3 is 2.76 bits per heavy atom. The molecule has 0 aliphatic carbocycles. The third-order valence-electron chi connectivity index (χ3n) is 2.95. The van der Waals surface area contributed by atoms with Gasteiger partial charge in [-0.05, 0) is 24.6 Å². The van der Waals surface area contributed by atoms with Crippen molar-refractivity contribution in [2.75, 3.05) is 24.6 Å². The lowest BCUT2D eigenvalue weighted by molar-refractivity contribution is 0.0764. The number of rotatable bonds is 2. The summed E-state index contributed by atoms with van der Waals surface area (Å²) in [5.41, 5.74) is 1.97. The number of aliphatic hydroxyl groups is 1. The van der Waals surface area contributed by atoms with Gasteiger partial charge in [-0.15, -0.1) is 0 Å². The van der Waals surface area contributed by atoms with Crippen LogP contribution in [0.2, 0.25) is 0 Å². The van der Waals surface area contributed by atoms with E-state index in [2.05, 4.69) is 11.0 Å². The highest BCUT2D eigenvalue weighted by Gasteiger charge is 2.20. The first-order valence-electron chi connectivity index (χ1n) is 5.75. The largest absolute Gasteiger partial charge is 0.389 e. The van der Waals surface area contributed by atoms with Gasteiger partial charge in [0, 0.05) is 12.2 Å². The number of nitriles is 1. The Morgan fingerprint density at radius 2 is 2.18 bits per heavy atom. The molecular weight excluding hydrogens is 216 g/mol. The van der Waals surface area contributed by atoms with Crippen LogP contribution in [0.5, 0.6) is 0 Å². The highest BCUT2D eigenvalue weighted by atomic mass is 16.5. The third kappa shape index (κ3) is 2.76. The van der Waals surface area contributed by atoms with Crippen molar-refractivity contribution in [3.05, 3.63) is 29.8 Å². The Balaban J connectivity index is 2.09. The summed E-state index contributed by atoms with van der Waals surface area (Å²) < 4.78 is 5.30. The topological polar surface area (TPSA) is 56.5 Å². The summed E-state index contributed by atoms with van der Waals surface area (Å²) in [4.78, 5) is 2.13. The maximum Gasteiger partial charge on any atom is 0.161 e. The highest BCUT2D eigenvalue weighted by Crippen LogP contribution is 2.20. The van der Waals surface area contributed by atoms with E-state index in [4.69, 9.17) is 10.00 Å². The Hall–Kier alpha value is -1.57. The van der Waals surface area contributed by atoms with Crippen molar-refractivity contribution in [2.45, 2.75) is 19.1 Å². The summed E-state index contributed by atoms with van der Waals surface area (Å²) in [6.45, 7) is 3.72. The van der Waals surface area contributed by atoms with Crippen LogP contribution in [-0.2, 0) is 4.74 Å². The van der Waals surface area contributed by atoms with Crippen molar-refractivity contribution >= 4 is 5.69 Å². The number of benzene rings is 1.